The molecule has 1 saturated carbocycles. The number of rotatable bonds is 5. The molecule has 0 aromatic rings. The zero-order chi connectivity index (χ0) is 22.1. The minimum Gasteiger partial charge on any atom is -0.466 e. The standard InChI is InChI=1S/C22H42O4Si2/c1-16-18(25-27(9,10)21(2,3)4)13-17(15-20(23)24-8)14-19(16)26-28(11,12)22(5,6)7/h15,18-19H,1,13-14H2,2-12H3/t18-,19-/m1/s1. The molecule has 1 fully saturated rings. The number of carbonyl (C=O) groups excluding carboxylic acids is 1. The number of ether oxygens (including phenoxy) is 1. The van der Waals surface area contributed by atoms with E-state index < -0.39 is 16.6 Å². The van der Waals surface area contributed by atoms with Crippen LogP contribution in [0.25, 0.3) is 0 Å². The van der Waals surface area contributed by atoms with Gasteiger partial charge in [0, 0.05) is 6.08 Å². The van der Waals surface area contributed by atoms with E-state index in [1.165, 1.54) is 7.11 Å². The van der Waals surface area contributed by atoms with E-state index >= 15 is 0 Å². The molecule has 0 aromatic carbocycles. The van der Waals surface area contributed by atoms with Crippen molar-refractivity contribution in [3.8, 4) is 0 Å². The summed E-state index contributed by atoms with van der Waals surface area (Å²) in [5.74, 6) is -0.320. The van der Waals surface area contributed by atoms with Crippen molar-refractivity contribution in [1.82, 2.24) is 0 Å². The van der Waals surface area contributed by atoms with E-state index in [1.54, 1.807) is 6.08 Å². The van der Waals surface area contributed by atoms with Crippen molar-refractivity contribution in [3.05, 3.63) is 23.8 Å². The fourth-order valence-corrected chi connectivity index (χ4v) is 5.27. The highest BCUT2D eigenvalue weighted by atomic mass is 28.4. The highest BCUT2D eigenvalue weighted by Gasteiger charge is 2.45. The average molecular weight is 427 g/mol. The molecule has 1 aliphatic carbocycles. The van der Waals surface area contributed by atoms with Crippen LogP contribution in [0.2, 0.25) is 36.3 Å². The van der Waals surface area contributed by atoms with E-state index in [0.717, 1.165) is 11.1 Å². The summed E-state index contributed by atoms with van der Waals surface area (Å²) in [6.07, 6.45) is 2.71. The molecular weight excluding hydrogens is 384 g/mol. The summed E-state index contributed by atoms with van der Waals surface area (Å²) in [6.45, 7) is 26.8. The fourth-order valence-electron chi connectivity index (χ4n) is 2.67. The molecule has 0 amide bonds. The molecule has 6 heteroatoms. The lowest BCUT2D eigenvalue weighted by molar-refractivity contribution is -0.134. The molecule has 4 nitrogen and oxygen atoms in total. The summed E-state index contributed by atoms with van der Waals surface area (Å²) in [7, 11) is -2.56. The number of esters is 1. The molecule has 0 bridgehead atoms. The Morgan fingerprint density at radius 1 is 0.929 bits per heavy atom. The van der Waals surface area contributed by atoms with Crippen LogP contribution in [0.15, 0.2) is 23.8 Å². The number of carbonyl (C=O) groups is 1. The molecule has 28 heavy (non-hydrogen) atoms. The van der Waals surface area contributed by atoms with Gasteiger partial charge in [-0.25, -0.2) is 4.79 Å². The Morgan fingerprint density at radius 2 is 1.29 bits per heavy atom. The van der Waals surface area contributed by atoms with Crippen LogP contribution < -0.4 is 0 Å². The van der Waals surface area contributed by atoms with Crippen LogP contribution in [-0.2, 0) is 18.4 Å². The summed E-state index contributed by atoms with van der Waals surface area (Å²) in [5.41, 5.74) is 2.03. The molecule has 0 radical (unpaired) electrons. The zero-order valence-corrected chi connectivity index (χ0v) is 22.0. The molecule has 0 N–H and O–H groups in total. The van der Waals surface area contributed by atoms with Crippen molar-refractivity contribution in [2.24, 2.45) is 0 Å². The molecule has 1 rings (SSSR count). The van der Waals surface area contributed by atoms with Crippen molar-refractivity contribution in [1.29, 1.82) is 0 Å². The monoisotopic (exact) mass is 426 g/mol. The Balaban J connectivity index is 3.21. The van der Waals surface area contributed by atoms with Crippen LogP contribution in [0.4, 0.5) is 0 Å². The third kappa shape index (κ3) is 6.15. The fraction of sp³-hybridized carbons (Fsp3) is 0.773. The Hall–Kier alpha value is -0.696. The molecule has 0 aliphatic heterocycles. The SMILES string of the molecule is C=C1[C@H](O[Si](C)(C)C(C)(C)C)CC(=CC(=O)OC)C[C@H]1O[Si](C)(C)C(C)(C)C. The maximum atomic E-state index is 11.9. The van der Waals surface area contributed by atoms with Crippen molar-refractivity contribution >= 4 is 22.6 Å². The lowest BCUT2D eigenvalue weighted by Gasteiger charge is -2.46. The third-order valence-corrected chi connectivity index (χ3v) is 15.7. The van der Waals surface area contributed by atoms with Gasteiger partial charge in [-0.1, -0.05) is 53.7 Å². The van der Waals surface area contributed by atoms with Gasteiger partial charge in [0.1, 0.15) is 0 Å². The number of hydrogen-bond acceptors (Lipinski definition) is 4. The highest BCUT2D eigenvalue weighted by molar-refractivity contribution is 6.74. The normalized spacial score (nSPS) is 22.2. The average Bonchev–Trinajstić information content (AvgIpc) is 2.48. The van der Waals surface area contributed by atoms with Crippen LogP contribution >= 0.6 is 0 Å². The maximum Gasteiger partial charge on any atom is 0.330 e. The third-order valence-electron chi connectivity index (χ3n) is 6.73. The van der Waals surface area contributed by atoms with Crippen molar-refractivity contribution < 1.29 is 18.4 Å². The van der Waals surface area contributed by atoms with Crippen LogP contribution in [0, 0.1) is 0 Å². The topological polar surface area (TPSA) is 44.8 Å². The summed E-state index contributed by atoms with van der Waals surface area (Å²) in [6, 6.07) is 0. The number of methoxy groups -OCH3 is 1. The molecule has 0 saturated heterocycles. The summed E-state index contributed by atoms with van der Waals surface area (Å²) in [4.78, 5) is 11.9. The van der Waals surface area contributed by atoms with Gasteiger partial charge in [-0.2, -0.15) is 0 Å². The second-order valence-corrected chi connectivity index (χ2v) is 20.6. The second-order valence-electron chi connectivity index (χ2n) is 11.0. The van der Waals surface area contributed by atoms with Crippen LogP contribution in [0.3, 0.4) is 0 Å². The van der Waals surface area contributed by atoms with Gasteiger partial charge in [0.25, 0.3) is 0 Å². The lowest BCUT2D eigenvalue weighted by atomic mass is 9.86. The van der Waals surface area contributed by atoms with E-state index in [2.05, 4.69) is 74.3 Å². The van der Waals surface area contributed by atoms with Gasteiger partial charge in [0.15, 0.2) is 16.6 Å². The van der Waals surface area contributed by atoms with Gasteiger partial charge in [-0.05, 0) is 54.7 Å². The zero-order valence-electron chi connectivity index (χ0n) is 20.0. The lowest BCUT2D eigenvalue weighted by Crippen LogP contribution is -2.49. The van der Waals surface area contributed by atoms with Crippen molar-refractivity contribution in [3.63, 3.8) is 0 Å². The van der Waals surface area contributed by atoms with Gasteiger partial charge in [0.05, 0.1) is 19.3 Å². The molecular formula is C22H42O4Si2. The summed E-state index contributed by atoms with van der Waals surface area (Å²) in [5, 5.41) is 0.208. The van der Waals surface area contributed by atoms with Gasteiger partial charge in [-0.15, -0.1) is 0 Å². The molecule has 162 valence electrons. The highest BCUT2D eigenvalue weighted by Crippen LogP contribution is 2.44. The van der Waals surface area contributed by atoms with Crippen molar-refractivity contribution in [2.45, 2.75) is 103 Å². The summed E-state index contributed by atoms with van der Waals surface area (Å²) >= 11 is 0. The van der Waals surface area contributed by atoms with Crippen LogP contribution in [-0.4, -0.2) is 41.9 Å². The quantitative estimate of drug-likeness (QED) is 0.227. The Bertz CT molecular complexity index is 579. The van der Waals surface area contributed by atoms with E-state index in [0.29, 0.717) is 12.8 Å². The van der Waals surface area contributed by atoms with E-state index in [1.807, 2.05) is 0 Å². The second kappa shape index (κ2) is 8.58. The van der Waals surface area contributed by atoms with Crippen LogP contribution in [0.1, 0.15) is 54.4 Å². The minimum absolute atomic E-state index is 0.104. The van der Waals surface area contributed by atoms with Gasteiger partial charge >= 0.3 is 5.97 Å². The first kappa shape index (κ1) is 25.3. The Morgan fingerprint density at radius 3 is 1.57 bits per heavy atom. The molecule has 0 heterocycles. The smallest absolute Gasteiger partial charge is 0.330 e. The van der Waals surface area contributed by atoms with Crippen molar-refractivity contribution in [2.75, 3.05) is 7.11 Å². The first-order chi connectivity index (χ1) is 12.4. The molecule has 0 unspecified atom stereocenters. The van der Waals surface area contributed by atoms with Gasteiger partial charge in [-0.3, -0.25) is 0 Å². The van der Waals surface area contributed by atoms with Gasteiger partial charge in [0.2, 0.25) is 0 Å². The maximum absolute atomic E-state index is 11.9. The summed E-state index contributed by atoms with van der Waals surface area (Å²) < 4.78 is 18.3. The largest absolute Gasteiger partial charge is 0.466 e. The van der Waals surface area contributed by atoms with Crippen LogP contribution in [0.5, 0.6) is 0 Å². The Labute approximate surface area is 175 Å². The molecule has 0 aromatic heterocycles. The predicted molar refractivity (Wildman–Crippen MR) is 123 cm³/mol. The van der Waals surface area contributed by atoms with E-state index in [9.17, 15) is 4.79 Å². The number of hydrogen-bond donors (Lipinski definition) is 0. The van der Waals surface area contributed by atoms with Gasteiger partial charge < -0.3 is 13.6 Å². The first-order valence-corrected chi connectivity index (χ1v) is 16.0. The minimum atomic E-state index is -1.99. The molecule has 0 spiro atoms. The van der Waals surface area contributed by atoms with E-state index in [-0.39, 0.29) is 28.3 Å². The first-order valence-electron chi connectivity index (χ1n) is 10.2. The van der Waals surface area contributed by atoms with E-state index in [4.69, 9.17) is 13.6 Å². The Kier molecular flexibility index (Phi) is 7.77. The molecule has 2 atom stereocenters. The molecule has 1 aliphatic rings. The predicted octanol–water partition coefficient (Wildman–Crippen LogP) is 6.22.